The third-order valence-corrected chi connectivity index (χ3v) is 2.57. The van der Waals surface area contributed by atoms with Crippen molar-refractivity contribution in [3.05, 3.63) is 11.4 Å². The number of hydrogen-bond acceptors (Lipinski definition) is 4. The Hall–Kier alpha value is -1.92. The highest BCUT2D eigenvalue weighted by molar-refractivity contribution is 5.86. The number of carboxylic acids is 1. The highest BCUT2D eigenvalue weighted by Crippen LogP contribution is 2.13. The molecule has 1 aromatic rings. The summed E-state index contributed by atoms with van der Waals surface area (Å²) in [6, 6.07) is 0. The van der Waals surface area contributed by atoms with Crippen molar-refractivity contribution in [2.24, 2.45) is 17.6 Å². The van der Waals surface area contributed by atoms with E-state index in [0.29, 0.717) is 12.1 Å². The van der Waals surface area contributed by atoms with E-state index in [1.54, 1.807) is 6.92 Å². The molecule has 1 aromatic heterocycles. The molecule has 0 spiro atoms. The van der Waals surface area contributed by atoms with E-state index in [1.165, 1.54) is 4.68 Å². The third kappa shape index (κ3) is 3.28. The molecule has 0 aromatic carbocycles. The molecule has 7 nitrogen and oxygen atoms in total. The van der Waals surface area contributed by atoms with Gasteiger partial charge in [-0.3, -0.25) is 4.79 Å². The van der Waals surface area contributed by atoms with Crippen molar-refractivity contribution in [2.75, 3.05) is 0 Å². The molecule has 1 rings (SSSR count). The van der Waals surface area contributed by atoms with Crippen LogP contribution in [0.5, 0.6) is 0 Å². The zero-order valence-electron chi connectivity index (χ0n) is 10.8. The summed E-state index contributed by atoms with van der Waals surface area (Å²) in [4.78, 5) is 22.1. The van der Waals surface area contributed by atoms with Gasteiger partial charge in [-0.05, 0) is 12.3 Å². The van der Waals surface area contributed by atoms with Crippen molar-refractivity contribution in [2.45, 2.75) is 33.7 Å². The largest absolute Gasteiger partial charge is 0.476 e. The van der Waals surface area contributed by atoms with Crippen LogP contribution in [-0.4, -0.2) is 32.0 Å². The summed E-state index contributed by atoms with van der Waals surface area (Å²) >= 11 is 0. The number of rotatable bonds is 6. The highest BCUT2D eigenvalue weighted by Gasteiger charge is 2.21. The molecule has 0 aliphatic rings. The summed E-state index contributed by atoms with van der Waals surface area (Å²) in [6.45, 7) is 5.86. The van der Waals surface area contributed by atoms with Gasteiger partial charge in [0.05, 0.1) is 18.2 Å². The Labute approximate surface area is 105 Å². The lowest BCUT2D eigenvalue weighted by atomic mass is 10.1. The molecule has 1 unspecified atom stereocenters. The maximum Gasteiger partial charge on any atom is 0.358 e. The Morgan fingerprint density at radius 2 is 2.00 bits per heavy atom. The molecule has 7 heteroatoms. The topological polar surface area (TPSA) is 111 Å². The quantitative estimate of drug-likeness (QED) is 0.758. The van der Waals surface area contributed by atoms with Gasteiger partial charge in [0.1, 0.15) is 0 Å². The van der Waals surface area contributed by atoms with Crippen molar-refractivity contribution < 1.29 is 14.7 Å². The lowest BCUT2D eigenvalue weighted by Crippen LogP contribution is -2.26. The van der Waals surface area contributed by atoms with Crippen molar-refractivity contribution in [1.29, 1.82) is 0 Å². The van der Waals surface area contributed by atoms with Crippen molar-refractivity contribution in [3.63, 3.8) is 0 Å². The van der Waals surface area contributed by atoms with Gasteiger partial charge in [0.2, 0.25) is 5.91 Å². The molecular formula is C11H18N4O3. The van der Waals surface area contributed by atoms with E-state index in [1.807, 2.05) is 13.8 Å². The fraction of sp³-hybridized carbons (Fsp3) is 0.636. The molecule has 0 saturated carbocycles. The summed E-state index contributed by atoms with van der Waals surface area (Å²) in [5.74, 6) is -1.70. The first-order valence-corrected chi connectivity index (χ1v) is 5.77. The molecular weight excluding hydrogens is 236 g/mol. The molecule has 0 aliphatic heterocycles. The van der Waals surface area contributed by atoms with E-state index in [0.717, 1.165) is 0 Å². The van der Waals surface area contributed by atoms with Gasteiger partial charge >= 0.3 is 5.97 Å². The zero-order chi connectivity index (χ0) is 13.9. The van der Waals surface area contributed by atoms with Crippen LogP contribution >= 0.6 is 0 Å². The molecule has 0 fully saturated rings. The smallest absolute Gasteiger partial charge is 0.358 e. The molecule has 0 bridgehead atoms. The molecule has 1 atom stereocenters. The van der Waals surface area contributed by atoms with Gasteiger partial charge in [0, 0.05) is 0 Å². The summed E-state index contributed by atoms with van der Waals surface area (Å²) in [7, 11) is 0. The lowest BCUT2D eigenvalue weighted by Gasteiger charge is -2.11. The average molecular weight is 254 g/mol. The van der Waals surface area contributed by atoms with Crippen LogP contribution in [0, 0.1) is 11.8 Å². The van der Waals surface area contributed by atoms with E-state index in [-0.39, 0.29) is 18.2 Å². The van der Waals surface area contributed by atoms with Crippen LogP contribution in [0.15, 0.2) is 0 Å². The minimum atomic E-state index is -1.11. The van der Waals surface area contributed by atoms with E-state index in [4.69, 9.17) is 10.8 Å². The van der Waals surface area contributed by atoms with Crippen LogP contribution in [0.3, 0.4) is 0 Å². The number of carbonyl (C=O) groups excluding carboxylic acids is 1. The normalized spacial score (nSPS) is 12.7. The van der Waals surface area contributed by atoms with Crippen molar-refractivity contribution in [1.82, 2.24) is 15.0 Å². The van der Waals surface area contributed by atoms with Crippen LogP contribution in [0.4, 0.5) is 0 Å². The van der Waals surface area contributed by atoms with Crippen LogP contribution < -0.4 is 5.73 Å². The lowest BCUT2D eigenvalue weighted by molar-refractivity contribution is -0.121. The number of carboxylic acid groups (broad SMARTS) is 1. The number of primary amides is 1. The van der Waals surface area contributed by atoms with Gasteiger partial charge in [0.15, 0.2) is 5.69 Å². The Balaban J connectivity index is 3.04. The van der Waals surface area contributed by atoms with Crippen molar-refractivity contribution in [3.8, 4) is 0 Å². The fourth-order valence-electron chi connectivity index (χ4n) is 1.58. The first kappa shape index (κ1) is 14.1. The second-order valence-electron chi connectivity index (χ2n) is 4.77. The second kappa shape index (κ2) is 5.61. The van der Waals surface area contributed by atoms with Crippen LogP contribution in [0.25, 0.3) is 0 Å². The highest BCUT2D eigenvalue weighted by atomic mass is 16.4. The monoisotopic (exact) mass is 254 g/mol. The number of amides is 1. The maximum atomic E-state index is 11.0. The average Bonchev–Trinajstić information content (AvgIpc) is 2.60. The standard InChI is InChI=1S/C11H18N4O3/c1-6(2)4-8-9(11(17)18)13-14-15(8)5-7(3)10(12)16/h6-7H,4-5H2,1-3H3,(H2,12,16)(H,17,18). The number of aromatic carboxylic acids is 1. The number of carbonyl (C=O) groups is 2. The predicted octanol–water partition coefficient (Wildman–Crippen LogP) is 0.296. The van der Waals surface area contributed by atoms with E-state index in [2.05, 4.69) is 10.3 Å². The fourth-order valence-corrected chi connectivity index (χ4v) is 1.58. The van der Waals surface area contributed by atoms with Crippen molar-refractivity contribution >= 4 is 11.9 Å². The Kier molecular flexibility index (Phi) is 4.41. The molecule has 3 N–H and O–H groups in total. The summed E-state index contributed by atoms with van der Waals surface area (Å²) < 4.78 is 1.46. The van der Waals surface area contributed by atoms with Crippen LogP contribution in [0.2, 0.25) is 0 Å². The van der Waals surface area contributed by atoms with Gasteiger partial charge in [0.25, 0.3) is 0 Å². The molecule has 0 aliphatic carbocycles. The SMILES string of the molecule is CC(C)Cc1c(C(=O)O)nnn1CC(C)C(N)=O. The van der Waals surface area contributed by atoms with Gasteiger partial charge in [-0.15, -0.1) is 5.10 Å². The van der Waals surface area contributed by atoms with E-state index < -0.39 is 17.8 Å². The molecule has 0 radical (unpaired) electrons. The molecule has 1 amide bonds. The Morgan fingerprint density at radius 1 is 1.39 bits per heavy atom. The Morgan fingerprint density at radius 3 is 2.44 bits per heavy atom. The van der Waals surface area contributed by atoms with Gasteiger partial charge < -0.3 is 10.8 Å². The molecule has 100 valence electrons. The van der Waals surface area contributed by atoms with E-state index >= 15 is 0 Å². The number of nitrogens with two attached hydrogens (primary N) is 1. The number of aromatic nitrogens is 3. The number of nitrogens with zero attached hydrogens (tertiary/aromatic N) is 3. The first-order valence-electron chi connectivity index (χ1n) is 5.77. The predicted molar refractivity (Wildman–Crippen MR) is 63.9 cm³/mol. The van der Waals surface area contributed by atoms with Crippen LogP contribution in [-0.2, 0) is 17.8 Å². The second-order valence-corrected chi connectivity index (χ2v) is 4.77. The summed E-state index contributed by atoms with van der Waals surface area (Å²) in [5.41, 5.74) is 5.66. The van der Waals surface area contributed by atoms with Gasteiger partial charge in [-0.25, -0.2) is 9.48 Å². The third-order valence-electron chi connectivity index (χ3n) is 2.57. The first-order chi connectivity index (χ1) is 8.32. The maximum absolute atomic E-state index is 11.0. The summed E-state index contributed by atoms with van der Waals surface area (Å²) in [6.07, 6.45) is 0.542. The van der Waals surface area contributed by atoms with E-state index in [9.17, 15) is 9.59 Å². The number of hydrogen-bond donors (Lipinski definition) is 2. The molecule has 0 saturated heterocycles. The minimum absolute atomic E-state index is 0.0552. The van der Waals surface area contributed by atoms with Gasteiger partial charge in [-0.2, -0.15) is 0 Å². The minimum Gasteiger partial charge on any atom is -0.476 e. The molecule has 1 heterocycles. The zero-order valence-corrected chi connectivity index (χ0v) is 10.8. The molecule has 18 heavy (non-hydrogen) atoms. The summed E-state index contributed by atoms with van der Waals surface area (Å²) in [5, 5.41) is 16.5. The van der Waals surface area contributed by atoms with Crippen LogP contribution in [0.1, 0.15) is 37.0 Å². The van der Waals surface area contributed by atoms with Gasteiger partial charge in [-0.1, -0.05) is 26.0 Å². The Bertz CT molecular complexity index is 453.